The van der Waals surface area contributed by atoms with Crippen molar-refractivity contribution in [2.45, 2.75) is 13.5 Å². The predicted octanol–water partition coefficient (Wildman–Crippen LogP) is 6.98. The number of aryl methyl sites for hydroxylation is 1. The van der Waals surface area contributed by atoms with E-state index < -0.39 is 5.91 Å². The molecule has 3 aromatic rings. The molecule has 0 radical (unpaired) electrons. The standard InChI is InChI=1S/C24H17ClI2N2O2/c1-15-4-2-5-16(8-15)14-31-23-21(26)10-17(11-22(23)27)9-18(13-28)24(30)29-20-7-3-6-19(25)12-20/h2-12H,14H2,1H3,(H,29,30)/b18-9+. The molecular weight excluding hydrogens is 638 g/mol. The zero-order valence-electron chi connectivity index (χ0n) is 16.5. The van der Waals surface area contributed by atoms with Gasteiger partial charge in [0.2, 0.25) is 0 Å². The molecule has 3 aromatic carbocycles. The summed E-state index contributed by atoms with van der Waals surface area (Å²) in [5, 5.41) is 12.7. The van der Waals surface area contributed by atoms with E-state index in [0.717, 1.165) is 24.0 Å². The van der Waals surface area contributed by atoms with Crippen LogP contribution in [0.4, 0.5) is 5.69 Å². The Morgan fingerprint density at radius 3 is 2.48 bits per heavy atom. The predicted molar refractivity (Wildman–Crippen MR) is 141 cm³/mol. The molecule has 0 heterocycles. The average molecular weight is 655 g/mol. The molecule has 7 heteroatoms. The fourth-order valence-electron chi connectivity index (χ4n) is 2.84. The van der Waals surface area contributed by atoms with Crippen molar-refractivity contribution in [3.8, 4) is 11.8 Å². The number of hydrogen-bond acceptors (Lipinski definition) is 3. The normalized spacial score (nSPS) is 11.0. The molecule has 1 N–H and O–H groups in total. The molecule has 31 heavy (non-hydrogen) atoms. The number of amides is 1. The minimum absolute atomic E-state index is 0.00000430. The summed E-state index contributed by atoms with van der Waals surface area (Å²) in [7, 11) is 0. The van der Waals surface area contributed by atoms with Crippen molar-refractivity contribution < 1.29 is 9.53 Å². The lowest BCUT2D eigenvalue weighted by molar-refractivity contribution is -0.112. The Hall–Kier alpha value is -2.09. The number of carbonyl (C=O) groups excluding carboxylic acids is 1. The van der Waals surface area contributed by atoms with Crippen LogP contribution < -0.4 is 10.1 Å². The van der Waals surface area contributed by atoms with Gasteiger partial charge in [-0.15, -0.1) is 0 Å². The fraction of sp³-hybridized carbons (Fsp3) is 0.0833. The molecule has 0 aliphatic heterocycles. The molecule has 0 bridgehead atoms. The van der Waals surface area contributed by atoms with Crippen molar-refractivity contribution in [3.63, 3.8) is 0 Å². The Labute approximate surface area is 213 Å². The first kappa shape index (κ1) is 23.6. The third kappa shape index (κ3) is 6.69. The first-order valence-corrected chi connectivity index (χ1v) is 11.8. The number of benzene rings is 3. The molecule has 0 saturated heterocycles. The number of nitrogens with one attached hydrogen (secondary N) is 1. The molecule has 0 atom stereocenters. The van der Waals surface area contributed by atoms with Gasteiger partial charge < -0.3 is 10.1 Å². The van der Waals surface area contributed by atoms with Crippen LogP contribution in [0.25, 0.3) is 6.08 Å². The van der Waals surface area contributed by atoms with Crippen molar-refractivity contribution in [1.29, 1.82) is 5.26 Å². The van der Waals surface area contributed by atoms with Crippen LogP contribution in [-0.4, -0.2) is 5.91 Å². The van der Waals surface area contributed by atoms with Crippen molar-refractivity contribution >= 4 is 74.5 Å². The van der Waals surface area contributed by atoms with Gasteiger partial charge in [-0.1, -0.05) is 47.5 Å². The van der Waals surface area contributed by atoms with Crippen molar-refractivity contribution in [2.75, 3.05) is 5.32 Å². The smallest absolute Gasteiger partial charge is 0.266 e. The third-order valence-corrected chi connectivity index (χ3v) is 6.08. The van der Waals surface area contributed by atoms with Gasteiger partial charge in [0, 0.05) is 10.7 Å². The molecule has 3 rings (SSSR count). The number of anilines is 1. The summed E-state index contributed by atoms with van der Waals surface area (Å²) in [6, 6.07) is 20.7. The first-order valence-electron chi connectivity index (χ1n) is 9.22. The highest BCUT2D eigenvalue weighted by Gasteiger charge is 2.13. The molecule has 156 valence electrons. The molecule has 0 aromatic heterocycles. The minimum Gasteiger partial charge on any atom is -0.487 e. The van der Waals surface area contributed by atoms with Gasteiger partial charge in [0.15, 0.2) is 0 Å². The van der Waals surface area contributed by atoms with E-state index in [-0.39, 0.29) is 5.57 Å². The van der Waals surface area contributed by atoms with E-state index >= 15 is 0 Å². The summed E-state index contributed by atoms with van der Waals surface area (Å²) in [5.41, 5.74) is 3.56. The van der Waals surface area contributed by atoms with Crippen LogP contribution in [0.3, 0.4) is 0 Å². The van der Waals surface area contributed by atoms with Crippen molar-refractivity contribution in [2.24, 2.45) is 0 Å². The minimum atomic E-state index is -0.491. The molecular formula is C24H17ClI2N2O2. The number of nitrogens with zero attached hydrogens (tertiary/aromatic N) is 1. The fourth-order valence-corrected chi connectivity index (χ4v) is 5.16. The first-order chi connectivity index (χ1) is 14.9. The van der Waals surface area contributed by atoms with E-state index in [2.05, 4.69) is 56.6 Å². The average Bonchev–Trinajstić information content (AvgIpc) is 2.71. The lowest BCUT2D eigenvalue weighted by Crippen LogP contribution is -2.13. The Kier molecular flexibility index (Phi) is 8.35. The van der Waals surface area contributed by atoms with Crippen molar-refractivity contribution in [1.82, 2.24) is 0 Å². The molecule has 4 nitrogen and oxygen atoms in total. The van der Waals surface area contributed by atoms with Crippen LogP contribution in [0.1, 0.15) is 16.7 Å². The SMILES string of the molecule is Cc1cccc(COc2c(I)cc(/C=C(\C#N)C(=O)Nc3cccc(Cl)c3)cc2I)c1. The molecule has 0 saturated carbocycles. The highest BCUT2D eigenvalue weighted by atomic mass is 127. The second-order valence-electron chi connectivity index (χ2n) is 6.73. The summed E-state index contributed by atoms with van der Waals surface area (Å²) in [4.78, 5) is 12.5. The summed E-state index contributed by atoms with van der Waals surface area (Å²) in [6.45, 7) is 2.52. The molecule has 0 aliphatic rings. The van der Waals surface area contributed by atoms with Gasteiger partial charge in [0.1, 0.15) is 24.0 Å². The lowest BCUT2D eigenvalue weighted by atomic mass is 10.1. The number of carbonyl (C=O) groups is 1. The zero-order chi connectivity index (χ0) is 22.4. The Morgan fingerprint density at radius 1 is 1.13 bits per heavy atom. The summed E-state index contributed by atoms with van der Waals surface area (Å²) in [6.07, 6.45) is 1.56. The van der Waals surface area contributed by atoms with E-state index in [1.165, 1.54) is 5.56 Å². The topological polar surface area (TPSA) is 62.1 Å². The summed E-state index contributed by atoms with van der Waals surface area (Å²) < 4.78 is 7.84. The van der Waals surface area contributed by atoms with Gasteiger partial charge in [-0.2, -0.15) is 5.26 Å². The van der Waals surface area contributed by atoms with Gasteiger partial charge >= 0.3 is 0 Å². The van der Waals surface area contributed by atoms with E-state index in [4.69, 9.17) is 16.3 Å². The molecule has 0 spiro atoms. The highest BCUT2D eigenvalue weighted by molar-refractivity contribution is 14.1. The zero-order valence-corrected chi connectivity index (χ0v) is 21.5. The van der Waals surface area contributed by atoms with Crippen LogP contribution in [0.5, 0.6) is 5.75 Å². The van der Waals surface area contributed by atoms with Gasteiger partial charge in [-0.25, -0.2) is 0 Å². The monoisotopic (exact) mass is 654 g/mol. The number of hydrogen-bond donors (Lipinski definition) is 1. The second-order valence-corrected chi connectivity index (χ2v) is 9.49. The van der Waals surface area contributed by atoms with E-state index in [1.807, 2.05) is 43.3 Å². The molecule has 0 aliphatic carbocycles. The van der Waals surface area contributed by atoms with E-state index in [0.29, 0.717) is 17.3 Å². The van der Waals surface area contributed by atoms with E-state index in [9.17, 15) is 10.1 Å². The lowest BCUT2D eigenvalue weighted by Gasteiger charge is -2.12. The van der Waals surface area contributed by atoms with Gasteiger partial charge in [0.05, 0.1) is 7.14 Å². The Balaban J connectivity index is 1.77. The Morgan fingerprint density at radius 2 is 1.84 bits per heavy atom. The number of ether oxygens (including phenoxy) is 1. The van der Waals surface area contributed by atoms with Crippen LogP contribution in [-0.2, 0) is 11.4 Å². The maximum Gasteiger partial charge on any atom is 0.266 e. The van der Waals surface area contributed by atoms with Crippen LogP contribution in [0.2, 0.25) is 5.02 Å². The quantitative estimate of drug-likeness (QED) is 0.177. The maximum atomic E-state index is 12.5. The summed E-state index contributed by atoms with van der Waals surface area (Å²) >= 11 is 10.4. The number of nitriles is 1. The van der Waals surface area contributed by atoms with E-state index in [1.54, 1.807) is 30.3 Å². The number of halogens is 3. The van der Waals surface area contributed by atoms with Crippen LogP contribution in [0, 0.1) is 25.4 Å². The molecule has 0 unspecified atom stereocenters. The van der Waals surface area contributed by atoms with Gasteiger partial charge in [0.25, 0.3) is 5.91 Å². The van der Waals surface area contributed by atoms with Crippen LogP contribution >= 0.6 is 56.8 Å². The third-order valence-electron chi connectivity index (χ3n) is 4.24. The van der Waals surface area contributed by atoms with Gasteiger partial charge in [-0.3, -0.25) is 4.79 Å². The number of rotatable bonds is 6. The Bertz CT molecular complexity index is 1180. The second kappa shape index (κ2) is 11.0. The maximum absolute atomic E-state index is 12.5. The van der Waals surface area contributed by atoms with Crippen molar-refractivity contribution in [3.05, 3.63) is 95.1 Å². The van der Waals surface area contributed by atoms with Crippen LogP contribution in [0.15, 0.2) is 66.2 Å². The highest BCUT2D eigenvalue weighted by Crippen LogP contribution is 2.30. The summed E-state index contributed by atoms with van der Waals surface area (Å²) in [5.74, 6) is 0.288. The van der Waals surface area contributed by atoms with Gasteiger partial charge in [-0.05, 0) is 99.6 Å². The largest absolute Gasteiger partial charge is 0.487 e. The molecule has 1 amide bonds. The molecule has 0 fully saturated rings.